The third-order valence-electron chi connectivity index (χ3n) is 7.76. The normalized spacial score (nSPS) is 15.8. The number of rotatable bonds is 5. The lowest BCUT2D eigenvalue weighted by atomic mass is 9.62. The first-order valence-corrected chi connectivity index (χ1v) is 12.5. The molecule has 1 amide bonds. The van der Waals surface area contributed by atoms with Gasteiger partial charge in [-0.2, -0.15) is 0 Å². The number of aromatic nitrogens is 1. The summed E-state index contributed by atoms with van der Waals surface area (Å²) in [5.74, 6) is 0.216. The van der Waals surface area contributed by atoms with Gasteiger partial charge in [-0.1, -0.05) is 39.8 Å². The van der Waals surface area contributed by atoms with Crippen molar-refractivity contribution in [2.75, 3.05) is 5.32 Å². The number of hydrogen-bond acceptors (Lipinski definition) is 5. The van der Waals surface area contributed by atoms with E-state index in [1.165, 1.54) is 28.3 Å². The molecule has 0 saturated carbocycles. The zero-order valence-electron chi connectivity index (χ0n) is 21.8. The predicted octanol–water partition coefficient (Wildman–Crippen LogP) is 7.24. The lowest BCUT2D eigenvalue weighted by Gasteiger charge is -2.42. The number of carbonyl (C=O) groups excluding carboxylic acids is 1. The zero-order valence-corrected chi connectivity index (χ0v) is 21.8. The van der Waals surface area contributed by atoms with Crippen molar-refractivity contribution in [2.24, 2.45) is 0 Å². The number of aryl methyl sites for hydroxylation is 1. The van der Waals surface area contributed by atoms with E-state index in [0.29, 0.717) is 23.1 Å². The van der Waals surface area contributed by atoms with Crippen LogP contribution in [0.3, 0.4) is 0 Å². The molecule has 0 radical (unpaired) electrons. The monoisotopic (exact) mass is 497 g/mol. The summed E-state index contributed by atoms with van der Waals surface area (Å²) in [6.45, 7) is 11.4. The van der Waals surface area contributed by atoms with Gasteiger partial charge >= 0.3 is 0 Å². The number of pyridine rings is 1. The van der Waals surface area contributed by atoms with Crippen LogP contribution < -0.4 is 5.32 Å². The maximum absolute atomic E-state index is 13.1. The lowest BCUT2D eigenvalue weighted by molar-refractivity contribution is -0.383. The molecule has 0 atom stereocenters. The maximum Gasteiger partial charge on any atom is 0.293 e. The highest BCUT2D eigenvalue weighted by Crippen LogP contribution is 2.46. The lowest BCUT2D eigenvalue weighted by Crippen LogP contribution is -2.34. The zero-order chi connectivity index (χ0) is 26.5. The van der Waals surface area contributed by atoms with Gasteiger partial charge in [0.2, 0.25) is 0 Å². The molecule has 7 nitrogen and oxygen atoms in total. The molecular formula is C30H31N3O4. The molecular weight excluding hydrogens is 466 g/mol. The summed E-state index contributed by atoms with van der Waals surface area (Å²) in [5, 5.41) is 14.8. The van der Waals surface area contributed by atoms with Crippen LogP contribution in [0, 0.1) is 17.0 Å². The summed E-state index contributed by atoms with van der Waals surface area (Å²) in [4.78, 5) is 28.4. The minimum absolute atomic E-state index is 0.0993. The van der Waals surface area contributed by atoms with Crippen LogP contribution in [0.1, 0.15) is 79.1 Å². The Kier molecular flexibility index (Phi) is 5.89. The largest absolute Gasteiger partial charge is 0.456 e. The first-order valence-electron chi connectivity index (χ1n) is 12.5. The second-order valence-electron chi connectivity index (χ2n) is 11.3. The van der Waals surface area contributed by atoms with E-state index in [1.807, 2.05) is 0 Å². The van der Waals surface area contributed by atoms with E-state index in [1.54, 1.807) is 36.5 Å². The van der Waals surface area contributed by atoms with Crippen LogP contribution in [0.2, 0.25) is 0 Å². The van der Waals surface area contributed by atoms with Gasteiger partial charge in [-0.05, 0) is 83.2 Å². The fourth-order valence-corrected chi connectivity index (χ4v) is 5.34. The van der Waals surface area contributed by atoms with Gasteiger partial charge in [-0.15, -0.1) is 0 Å². The van der Waals surface area contributed by atoms with Crippen molar-refractivity contribution in [3.63, 3.8) is 0 Å². The Morgan fingerprint density at radius 3 is 2.46 bits per heavy atom. The molecule has 2 heterocycles. The summed E-state index contributed by atoms with van der Waals surface area (Å²) in [6, 6.07) is 14.3. The molecule has 37 heavy (non-hydrogen) atoms. The molecule has 2 aromatic carbocycles. The predicted molar refractivity (Wildman–Crippen MR) is 144 cm³/mol. The maximum atomic E-state index is 13.1. The number of furan rings is 1. The summed E-state index contributed by atoms with van der Waals surface area (Å²) < 4.78 is 5.93. The number of carbonyl (C=O) groups is 1. The SMILES string of the molecule is Cc1cc2c(cc1Cc1ccc(C(=O)Nc3c([N+](=O)[O-])ccc4ncccc34)o1)C(C)(C)CCC2(C)C. The molecule has 5 rings (SSSR count). The first-order chi connectivity index (χ1) is 17.5. The highest BCUT2D eigenvalue weighted by Gasteiger charge is 2.37. The second-order valence-corrected chi connectivity index (χ2v) is 11.3. The molecule has 0 bridgehead atoms. The summed E-state index contributed by atoms with van der Waals surface area (Å²) in [5.41, 5.74) is 5.86. The van der Waals surface area contributed by atoms with Gasteiger partial charge in [0.1, 0.15) is 11.4 Å². The highest BCUT2D eigenvalue weighted by molar-refractivity contribution is 6.09. The van der Waals surface area contributed by atoms with Gasteiger partial charge in [0, 0.05) is 24.1 Å². The number of hydrogen-bond donors (Lipinski definition) is 1. The Labute approximate surface area is 216 Å². The molecule has 2 aromatic heterocycles. The molecule has 7 heteroatoms. The van der Waals surface area contributed by atoms with Crippen LogP contribution in [0.4, 0.5) is 11.4 Å². The Balaban J connectivity index is 1.43. The molecule has 0 fully saturated rings. The van der Waals surface area contributed by atoms with Gasteiger partial charge in [-0.3, -0.25) is 19.9 Å². The van der Waals surface area contributed by atoms with E-state index >= 15 is 0 Å². The van der Waals surface area contributed by atoms with Crippen LogP contribution >= 0.6 is 0 Å². The highest BCUT2D eigenvalue weighted by atomic mass is 16.6. The third kappa shape index (κ3) is 4.50. The average molecular weight is 498 g/mol. The fourth-order valence-electron chi connectivity index (χ4n) is 5.34. The molecule has 1 aliphatic rings. The number of anilines is 1. The van der Waals surface area contributed by atoms with Gasteiger partial charge < -0.3 is 9.73 Å². The van der Waals surface area contributed by atoms with Gasteiger partial charge in [0.25, 0.3) is 11.6 Å². The molecule has 4 aromatic rings. The molecule has 0 spiro atoms. The van der Waals surface area contributed by atoms with Crippen LogP contribution in [-0.2, 0) is 17.3 Å². The van der Waals surface area contributed by atoms with E-state index in [-0.39, 0.29) is 28.0 Å². The van der Waals surface area contributed by atoms with Crippen molar-refractivity contribution < 1.29 is 14.1 Å². The number of nitro benzene ring substituents is 1. The topological polar surface area (TPSA) is 98.3 Å². The van der Waals surface area contributed by atoms with Crippen molar-refractivity contribution in [3.05, 3.63) is 98.6 Å². The van der Waals surface area contributed by atoms with Crippen LogP contribution in [0.5, 0.6) is 0 Å². The standard InChI is InChI=1S/C30H31N3O4/c1-18-15-22-23(30(4,5)13-12-29(22,2)3)17-19(18)16-20-8-11-26(37-20)28(34)32-27-21-7-6-14-31-24(21)9-10-25(27)33(35)36/h6-11,14-15,17H,12-13,16H2,1-5H3,(H,32,34). The Morgan fingerprint density at radius 2 is 1.76 bits per heavy atom. The van der Waals surface area contributed by atoms with Gasteiger partial charge in [0.05, 0.1) is 10.4 Å². The van der Waals surface area contributed by atoms with E-state index in [9.17, 15) is 14.9 Å². The van der Waals surface area contributed by atoms with Crippen molar-refractivity contribution in [1.29, 1.82) is 0 Å². The fraction of sp³-hybridized carbons (Fsp3) is 0.333. The van der Waals surface area contributed by atoms with E-state index < -0.39 is 10.8 Å². The average Bonchev–Trinajstić information content (AvgIpc) is 3.32. The molecule has 190 valence electrons. The number of fused-ring (bicyclic) bond motifs is 2. The third-order valence-corrected chi connectivity index (χ3v) is 7.76. The number of nitro groups is 1. The molecule has 0 unspecified atom stereocenters. The Morgan fingerprint density at radius 1 is 1.05 bits per heavy atom. The van der Waals surface area contributed by atoms with Crippen molar-refractivity contribution >= 4 is 28.2 Å². The number of nitrogens with one attached hydrogen (secondary N) is 1. The molecule has 0 aliphatic heterocycles. The number of benzene rings is 2. The van der Waals surface area contributed by atoms with E-state index in [2.05, 4.69) is 57.1 Å². The van der Waals surface area contributed by atoms with Gasteiger partial charge in [0.15, 0.2) is 5.76 Å². The van der Waals surface area contributed by atoms with E-state index in [4.69, 9.17) is 4.42 Å². The number of amides is 1. The summed E-state index contributed by atoms with van der Waals surface area (Å²) >= 11 is 0. The van der Waals surface area contributed by atoms with E-state index in [0.717, 1.165) is 12.8 Å². The molecule has 1 N–H and O–H groups in total. The summed E-state index contributed by atoms with van der Waals surface area (Å²) in [6.07, 6.45) is 4.45. The summed E-state index contributed by atoms with van der Waals surface area (Å²) in [7, 11) is 0. The van der Waals surface area contributed by atoms with Crippen LogP contribution in [0.25, 0.3) is 10.9 Å². The van der Waals surface area contributed by atoms with Gasteiger partial charge in [-0.25, -0.2) is 0 Å². The van der Waals surface area contributed by atoms with Crippen molar-refractivity contribution in [2.45, 2.75) is 64.7 Å². The van der Waals surface area contributed by atoms with Crippen LogP contribution in [-0.4, -0.2) is 15.8 Å². The smallest absolute Gasteiger partial charge is 0.293 e. The second kappa shape index (κ2) is 8.83. The Bertz CT molecular complexity index is 1550. The van der Waals surface area contributed by atoms with Crippen molar-refractivity contribution in [1.82, 2.24) is 4.98 Å². The molecule has 1 aliphatic carbocycles. The number of nitrogens with zero attached hydrogens (tertiary/aromatic N) is 2. The molecule has 0 saturated heterocycles. The quantitative estimate of drug-likeness (QED) is 0.231. The van der Waals surface area contributed by atoms with Crippen LogP contribution in [0.15, 0.2) is 59.1 Å². The van der Waals surface area contributed by atoms with Crippen molar-refractivity contribution in [3.8, 4) is 0 Å². The Hall–Kier alpha value is -4.00. The minimum Gasteiger partial charge on any atom is -0.456 e. The minimum atomic E-state index is -0.546. The first kappa shape index (κ1) is 24.7.